The van der Waals surface area contributed by atoms with Crippen LogP contribution in [0.1, 0.15) is 44.7 Å². The molecule has 0 amide bonds. The van der Waals surface area contributed by atoms with Gasteiger partial charge in [-0.15, -0.1) is 12.6 Å². The maximum atomic E-state index is 6.45. The van der Waals surface area contributed by atoms with Gasteiger partial charge >= 0.3 is 0 Å². The molecule has 1 heterocycles. The van der Waals surface area contributed by atoms with E-state index in [1.165, 1.54) is 0 Å². The number of piperidine rings is 1. The molecule has 7 heteroatoms. The molecular weight excluding hydrogens is 481 g/mol. The van der Waals surface area contributed by atoms with Crippen LogP contribution in [0.3, 0.4) is 0 Å². The zero-order chi connectivity index (χ0) is 23.5. The molecule has 1 saturated heterocycles. The van der Waals surface area contributed by atoms with Gasteiger partial charge in [-0.05, 0) is 86.0 Å². The number of nitrogens with zero attached hydrogens (tertiary/aromatic N) is 2. The lowest BCUT2D eigenvalue weighted by atomic mass is 9.88. The lowest BCUT2D eigenvalue weighted by Gasteiger charge is -2.41. The summed E-state index contributed by atoms with van der Waals surface area (Å²) in [5, 5.41) is 2.11. The van der Waals surface area contributed by atoms with Crippen LogP contribution in [0, 0.1) is 5.92 Å². The lowest BCUT2D eigenvalue weighted by Crippen LogP contribution is -2.40. The van der Waals surface area contributed by atoms with E-state index >= 15 is 0 Å². The van der Waals surface area contributed by atoms with E-state index in [4.69, 9.17) is 40.5 Å². The number of hydrogen-bond acceptors (Lipinski definition) is 4. The maximum Gasteiger partial charge on any atom is 0.0557 e. The summed E-state index contributed by atoms with van der Waals surface area (Å²) in [7, 11) is 0. The molecule has 174 valence electrons. The number of aliphatic imine (C=N–C) groups is 1. The Morgan fingerprint density at radius 2 is 1.81 bits per heavy atom. The SMILES string of the molecule is C/C=C(/S)CC=NCC.NCC1CCC(c2ccc(Cl)cc2Cl)N(c2ccc(Cl)cc2)C1. The second-order valence-corrected chi connectivity index (χ2v) is 9.51. The molecule has 0 saturated carbocycles. The summed E-state index contributed by atoms with van der Waals surface area (Å²) in [6.45, 7) is 6.48. The number of rotatable bonds is 6. The first kappa shape index (κ1) is 27.1. The molecule has 1 aliphatic heterocycles. The fourth-order valence-electron chi connectivity index (χ4n) is 3.66. The topological polar surface area (TPSA) is 41.6 Å². The van der Waals surface area contributed by atoms with Crippen LogP contribution >= 0.6 is 47.4 Å². The van der Waals surface area contributed by atoms with Gasteiger partial charge in [-0.2, -0.15) is 0 Å². The van der Waals surface area contributed by atoms with E-state index in [9.17, 15) is 0 Å². The molecule has 2 N–H and O–H groups in total. The Morgan fingerprint density at radius 1 is 1.12 bits per heavy atom. The number of hydrogen-bond donors (Lipinski definition) is 2. The van der Waals surface area contributed by atoms with Crippen molar-refractivity contribution in [2.45, 2.75) is 39.2 Å². The third kappa shape index (κ3) is 8.31. The molecule has 0 aromatic heterocycles. The van der Waals surface area contributed by atoms with Crippen LogP contribution in [0.15, 0.2) is 58.4 Å². The predicted octanol–water partition coefficient (Wildman–Crippen LogP) is 7.86. The first-order chi connectivity index (χ1) is 15.4. The van der Waals surface area contributed by atoms with E-state index in [-0.39, 0.29) is 6.04 Å². The maximum absolute atomic E-state index is 6.45. The van der Waals surface area contributed by atoms with Gasteiger partial charge in [0, 0.05) is 46.5 Å². The molecule has 2 atom stereocenters. The van der Waals surface area contributed by atoms with Crippen molar-refractivity contribution >= 4 is 59.3 Å². The first-order valence-electron chi connectivity index (χ1n) is 10.9. The van der Waals surface area contributed by atoms with Crippen molar-refractivity contribution in [2.75, 3.05) is 24.5 Å². The lowest BCUT2D eigenvalue weighted by molar-refractivity contribution is 0.366. The summed E-state index contributed by atoms with van der Waals surface area (Å²) in [5.74, 6) is 0.494. The van der Waals surface area contributed by atoms with Gasteiger partial charge in [-0.25, -0.2) is 0 Å². The van der Waals surface area contributed by atoms with Crippen LogP contribution in [-0.2, 0) is 0 Å². The quantitative estimate of drug-likeness (QED) is 0.305. The average molecular weight is 513 g/mol. The number of halogens is 3. The summed E-state index contributed by atoms with van der Waals surface area (Å²) in [4.78, 5) is 7.50. The normalized spacial score (nSPS) is 19.1. The van der Waals surface area contributed by atoms with Gasteiger partial charge in [0.15, 0.2) is 0 Å². The highest BCUT2D eigenvalue weighted by Crippen LogP contribution is 2.40. The molecule has 2 unspecified atom stereocenters. The van der Waals surface area contributed by atoms with Gasteiger partial charge in [0.25, 0.3) is 0 Å². The molecule has 0 radical (unpaired) electrons. The number of anilines is 1. The molecule has 2 aromatic rings. The molecule has 1 fully saturated rings. The zero-order valence-corrected chi connectivity index (χ0v) is 21.8. The van der Waals surface area contributed by atoms with Crippen molar-refractivity contribution in [2.24, 2.45) is 16.6 Å². The van der Waals surface area contributed by atoms with E-state index in [0.29, 0.717) is 22.5 Å². The van der Waals surface area contributed by atoms with Gasteiger partial charge in [-0.3, -0.25) is 4.99 Å². The third-order valence-electron chi connectivity index (χ3n) is 5.44. The minimum Gasteiger partial charge on any atom is -0.364 e. The molecule has 0 aliphatic carbocycles. The Bertz CT molecular complexity index is 900. The van der Waals surface area contributed by atoms with E-state index in [1.807, 2.05) is 56.5 Å². The number of thiol groups is 1. The van der Waals surface area contributed by atoms with Gasteiger partial charge in [0.05, 0.1) is 6.04 Å². The Balaban J connectivity index is 0.000000344. The second kappa shape index (κ2) is 14.2. The summed E-state index contributed by atoms with van der Waals surface area (Å²) in [6, 6.07) is 13.9. The van der Waals surface area contributed by atoms with Crippen molar-refractivity contribution in [1.29, 1.82) is 0 Å². The van der Waals surface area contributed by atoms with Crippen LogP contribution in [0.5, 0.6) is 0 Å². The Hall–Kier alpha value is -1.17. The molecule has 2 aromatic carbocycles. The van der Waals surface area contributed by atoms with Crippen molar-refractivity contribution in [3.8, 4) is 0 Å². The Kier molecular flexibility index (Phi) is 12.0. The summed E-state index contributed by atoms with van der Waals surface area (Å²) in [6.07, 6.45) is 6.86. The van der Waals surface area contributed by atoms with E-state index in [1.54, 1.807) is 0 Å². The van der Waals surface area contributed by atoms with Gasteiger partial charge in [-0.1, -0.05) is 46.9 Å². The molecule has 0 spiro atoms. The fraction of sp³-hybridized carbons (Fsp3) is 0.400. The Morgan fingerprint density at radius 3 is 2.41 bits per heavy atom. The summed E-state index contributed by atoms with van der Waals surface area (Å²) >= 11 is 22.7. The van der Waals surface area contributed by atoms with Crippen LogP contribution in [0.4, 0.5) is 5.69 Å². The van der Waals surface area contributed by atoms with E-state index < -0.39 is 0 Å². The van der Waals surface area contributed by atoms with Gasteiger partial charge in [0.1, 0.15) is 0 Å². The predicted molar refractivity (Wildman–Crippen MR) is 146 cm³/mol. The third-order valence-corrected chi connectivity index (χ3v) is 6.69. The number of benzene rings is 2. The monoisotopic (exact) mass is 511 g/mol. The highest BCUT2D eigenvalue weighted by atomic mass is 35.5. The van der Waals surface area contributed by atoms with Crippen molar-refractivity contribution in [1.82, 2.24) is 0 Å². The van der Waals surface area contributed by atoms with Crippen molar-refractivity contribution in [3.63, 3.8) is 0 Å². The smallest absolute Gasteiger partial charge is 0.0557 e. The van der Waals surface area contributed by atoms with Crippen LogP contribution in [-0.4, -0.2) is 25.8 Å². The van der Waals surface area contributed by atoms with E-state index in [2.05, 4.69) is 34.7 Å². The second-order valence-electron chi connectivity index (χ2n) is 7.66. The average Bonchev–Trinajstić information content (AvgIpc) is 2.80. The highest BCUT2D eigenvalue weighted by Gasteiger charge is 2.30. The zero-order valence-electron chi connectivity index (χ0n) is 18.6. The van der Waals surface area contributed by atoms with Crippen LogP contribution in [0.2, 0.25) is 15.1 Å². The minimum absolute atomic E-state index is 0.226. The molecule has 3 nitrogen and oxygen atoms in total. The first-order valence-corrected chi connectivity index (χ1v) is 12.5. The fourth-order valence-corrected chi connectivity index (χ4v) is 4.40. The number of nitrogens with two attached hydrogens (primary N) is 1. The van der Waals surface area contributed by atoms with Crippen molar-refractivity contribution < 1.29 is 0 Å². The molecule has 3 rings (SSSR count). The van der Waals surface area contributed by atoms with E-state index in [0.717, 1.165) is 53.5 Å². The molecule has 0 bridgehead atoms. The standard InChI is InChI=1S/C18H19Cl3N2.C7H13NS/c19-13-2-5-15(6-3-13)23-11-12(10-22)1-8-18(23)16-7-4-14(20)9-17(16)21;1-3-7(9)5-6-8-4-2/h2-7,9,12,18H,1,8,10-11,22H2;3,6,9H,4-5H2,1-2H3/b;7-3+,8-6?. The van der Waals surface area contributed by atoms with Gasteiger partial charge in [0.2, 0.25) is 0 Å². The summed E-state index contributed by atoms with van der Waals surface area (Å²) in [5.41, 5.74) is 8.16. The largest absolute Gasteiger partial charge is 0.364 e. The number of allylic oxidation sites excluding steroid dienone is 2. The Labute approximate surface area is 213 Å². The van der Waals surface area contributed by atoms with Crippen molar-refractivity contribution in [3.05, 3.63) is 74.1 Å². The molecular formula is C25H32Cl3N3S. The molecule has 1 aliphatic rings. The summed E-state index contributed by atoms with van der Waals surface area (Å²) < 4.78 is 0. The van der Waals surface area contributed by atoms with Crippen LogP contribution in [0.25, 0.3) is 0 Å². The molecule has 32 heavy (non-hydrogen) atoms. The van der Waals surface area contributed by atoms with Gasteiger partial charge < -0.3 is 10.6 Å². The highest BCUT2D eigenvalue weighted by molar-refractivity contribution is 7.84. The van der Waals surface area contributed by atoms with Crippen LogP contribution < -0.4 is 10.6 Å². The minimum atomic E-state index is 0.226.